The van der Waals surface area contributed by atoms with E-state index < -0.39 is 0 Å². The van der Waals surface area contributed by atoms with Crippen molar-refractivity contribution in [3.63, 3.8) is 0 Å². The van der Waals surface area contributed by atoms with Gasteiger partial charge in [0, 0.05) is 31.2 Å². The Morgan fingerprint density at radius 1 is 1.25 bits per heavy atom. The lowest BCUT2D eigenvalue weighted by atomic mass is 9.69. The van der Waals surface area contributed by atoms with Crippen LogP contribution in [0, 0.1) is 5.41 Å². The van der Waals surface area contributed by atoms with Crippen LogP contribution >= 0.6 is 0 Å². The van der Waals surface area contributed by atoms with Gasteiger partial charge in [0.05, 0.1) is 0 Å². The van der Waals surface area contributed by atoms with Crippen LogP contribution in [-0.4, -0.2) is 36.1 Å². The van der Waals surface area contributed by atoms with E-state index in [1.165, 1.54) is 45.3 Å². The Kier molecular flexibility index (Phi) is 3.33. The minimum Gasteiger partial charge on any atom is -0.309 e. The molecule has 0 aromatic carbocycles. The van der Waals surface area contributed by atoms with E-state index in [4.69, 9.17) is 0 Å². The highest BCUT2D eigenvalue weighted by Gasteiger charge is 2.38. The van der Waals surface area contributed by atoms with Gasteiger partial charge in [-0.15, -0.1) is 0 Å². The monoisotopic (exact) mass is 224 g/mol. The van der Waals surface area contributed by atoms with Crippen molar-refractivity contribution in [1.82, 2.24) is 10.2 Å². The van der Waals surface area contributed by atoms with Crippen molar-refractivity contribution >= 4 is 0 Å². The predicted molar refractivity (Wildman–Crippen MR) is 69.7 cm³/mol. The molecule has 1 atom stereocenters. The van der Waals surface area contributed by atoms with Crippen LogP contribution in [0.25, 0.3) is 0 Å². The third-order valence-corrected chi connectivity index (χ3v) is 4.55. The molecule has 0 bridgehead atoms. The van der Waals surface area contributed by atoms with Gasteiger partial charge in [-0.3, -0.25) is 4.90 Å². The normalized spacial score (nSPS) is 33.4. The van der Waals surface area contributed by atoms with Crippen molar-refractivity contribution in [1.29, 1.82) is 0 Å². The van der Waals surface area contributed by atoms with Crippen molar-refractivity contribution < 1.29 is 0 Å². The maximum absolute atomic E-state index is 3.67. The van der Waals surface area contributed by atoms with Gasteiger partial charge in [0.15, 0.2) is 0 Å². The standard InChI is InChI=1S/C14H28N2/c1-5-12-9-15-13(2,3)10-16(12)11-14(4)7-6-8-14/h12,15H,5-11H2,1-4H3. The topological polar surface area (TPSA) is 15.3 Å². The Bertz CT molecular complexity index is 243. The molecule has 1 saturated heterocycles. The van der Waals surface area contributed by atoms with Gasteiger partial charge in [0.1, 0.15) is 0 Å². The second kappa shape index (κ2) is 4.30. The van der Waals surface area contributed by atoms with Gasteiger partial charge in [0.2, 0.25) is 0 Å². The minimum atomic E-state index is 0.297. The zero-order valence-corrected chi connectivity index (χ0v) is 11.5. The summed E-state index contributed by atoms with van der Waals surface area (Å²) in [5, 5.41) is 3.67. The number of rotatable bonds is 3. The number of nitrogens with one attached hydrogen (secondary N) is 1. The molecule has 1 aliphatic carbocycles. The number of hydrogen-bond donors (Lipinski definition) is 1. The molecule has 0 radical (unpaired) electrons. The summed E-state index contributed by atoms with van der Waals surface area (Å²) in [5.41, 5.74) is 0.923. The molecule has 0 spiro atoms. The average Bonchev–Trinajstić information content (AvgIpc) is 2.14. The molecule has 2 rings (SSSR count). The summed E-state index contributed by atoms with van der Waals surface area (Å²) in [4.78, 5) is 2.75. The fraction of sp³-hybridized carbons (Fsp3) is 1.00. The fourth-order valence-corrected chi connectivity index (χ4v) is 3.23. The van der Waals surface area contributed by atoms with Gasteiger partial charge in [0.25, 0.3) is 0 Å². The SMILES string of the molecule is CCC1CNC(C)(C)CN1CC1(C)CCC1. The van der Waals surface area contributed by atoms with E-state index in [1.54, 1.807) is 0 Å². The van der Waals surface area contributed by atoms with Crippen molar-refractivity contribution in [3.05, 3.63) is 0 Å². The van der Waals surface area contributed by atoms with Gasteiger partial charge in [-0.2, -0.15) is 0 Å². The average molecular weight is 224 g/mol. The van der Waals surface area contributed by atoms with E-state index in [0.717, 1.165) is 6.04 Å². The molecular formula is C14H28N2. The molecule has 16 heavy (non-hydrogen) atoms. The fourth-order valence-electron chi connectivity index (χ4n) is 3.23. The van der Waals surface area contributed by atoms with Crippen molar-refractivity contribution in [2.45, 2.75) is 65.0 Å². The molecule has 94 valence electrons. The summed E-state index contributed by atoms with van der Waals surface area (Å²) in [7, 11) is 0. The van der Waals surface area contributed by atoms with Gasteiger partial charge in [-0.25, -0.2) is 0 Å². The first kappa shape index (κ1) is 12.4. The molecule has 2 heteroatoms. The molecular weight excluding hydrogens is 196 g/mol. The van der Waals surface area contributed by atoms with Crippen LogP contribution in [0.4, 0.5) is 0 Å². The molecule has 0 aromatic heterocycles. The number of piperazine rings is 1. The van der Waals surface area contributed by atoms with E-state index in [0.29, 0.717) is 11.0 Å². The highest BCUT2D eigenvalue weighted by molar-refractivity contribution is 4.95. The first-order chi connectivity index (χ1) is 7.44. The van der Waals surface area contributed by atoms with Gasteiger partial charge in [-0.1, -0.05) is 20.3 Å². The van der Waals surface area contributed by atoms with Crippen LogP contribution < -0.4 is 5.32 Å². The Labute approximate surface area is 101 Å². The molecule has 2 nitrogen and oxygen atoms in total. The van der Waals surface area contributed by atoms with Crippen LogP contribution in [0.3, 0.4) is 0 Å². The summed E-state index contributed by atoms with van der Waals surface area (Å²) in [5.74, 6) is 0. The first-order valence-corrected chi connectivity index (χ1v) is 6.93. The smallest absolute Gasteiger partial charge is 0.0252 e. The van der Waals surface area contributed by atoms with Gasteiger partial charge in [-0.05, 0) is 38.5 Å². The van der Waals surface area contributed by atoms with Crippen molar-refractivity contribution in [3.8, 4) is 0 Å². The molecule has 1 heterocycles. The minimum absolute atomic E-state index is 0.297. The van der Waals surface area contributed by atoms with E-state index in [-0.39, 0.29) is 0 Å². The lowest BCUT2D eigenvalue weighted by Crippen LogP contribution is -2.63. The van der Waals surface area contributed by atoms with Crippen LogP contribution in [0.15, 0.2) is 0 Å². The van der Waals surface area contributed by atoms with Crippen LogP contribution in [0.2, 0.25) is 0 Å². The van der Waals surface area contributed by atoms with Crippen molar-refractivity contribution in [2.24, 2.45) is 5.41 Å². The predicted octanol–water partition coefficient (Wildman–Crippen LogP) is 2.64. The van der Waals surface area contributed by atoms with Gasteiger partial charge < -0.3 is 5.32 Å². The summed E-state index contributed by atoms with van der Waals surface area (Å²) < 4.78 is 0. The van der Waals surface area contributed by atoms with Crippen LogP contribution in [0.5, 0.6) is 0 Å². The highest BCUT2D eigenvalue weighted by Crippen LogP contribution is 2.41. The molecule has 1 N–H and O–H groups in total. The Balaban J connectivity index is 1.97. The Morgan fingerprint density at radius 2 is 1.94 bits per heavy atom. The second-order valence-electron chi connectivity index (χ2n) is 6.90. The second-order valence-corrected chi connectivity index (χ2v) is 6.90. The molecule has 2 aliphatic rings. The van der Waals surface area contributed by atoms with E-state index in [9.17, 15) is 0 Å². The summed E-state index contributed by atoms with van der Waals surface area (Å²) in [6, 6.07) is 0.755. The number of hydrogen-bond acceptors (Lipinski definition) is 2. The molecule has 1 aliphatic heterocycles. The molecule has 2 fully saturated rings. The Morgan fingerprint density at radius 3 is 2.44 bits per heavy atom. The lowest BCUT2D eigenvalue weighted by Gasteiger charge is -2.50. The Hall–Kier alpha value is -0.0800. The highest BCUT2D eigenvalue weighted by atomic mass is 15.3. The third-order valence-electron chi connectivity index (χ3n) is 4.55. The van der Waals surface area contributed by atoms with Crippen LogP contribution in [-0.2, 0) is 0 Å². The van der Waals surface area contributed by atoms with Crippen molar-refractivity contribution in [2.75, 3.05) is 19.6 Å². The largest absolute Gasteiger partial charge is 0.309 e. The lowest BCUT2D eigenvalue weighted by molar-refractivity contribution is 0.0194. The quantitative estimate of drug-likeness (QED) is 0.793. The number of nitrogens with zero attached hydrogens (tertiary/aromatic N) is 1. The zero-order chi connectivity index (χ0) is 11.8. The maximum Gasteiger partial charge on any atom is 0.0252 e. The molecule has 0 aromatic rings. The molecule has 1 saturated carbocycles. The summed E-state index contributed by atoms with van der Waals surface area (Å²) in [6.45, 7) is 13.1. The van der Waals surface area contributed by atoms with E-state index in [1.807, 2.05) is 0 Å². The molecule has 1 unspecified atom stereocenters. The molecule has 0 amide bonds. The van der Waals surface area contributed by atoms with Gasteiger partial charge >= 0.3 is 0 Å². The zero-order valence-electron chi connectivity index (χ0n) is 11.5. The third kappa shape index (κ3) is 2.60. The summed E-state index contributed by atoms with van der Waals surface area (Å²) in [6.07, 6.45) is 5.60. The maximum atomic E-state index is 3.67. The van der Waals surface area contributed by atoms with E-state index >= 15 is 0 Å². The first-order valence-electron chi connectivity index (χ1n) is 6.93. The van der Waals surface area contributed by atoms with E-state index in [2.05, 4.69) is 37.9 Å². The van der Waals surface area contributed by atoms with Crippen LogP contribution in [0.1, 0.15) is 53.4 Å². The summed E-state index contributed by atoms with van der Waals surface area (Å²) >= 11 is 0.